The van der Waals surface area contributed by atoms with Crippen molar-refractivity contribution >= 4 is 73.7 Å². The van der Waals surface area contributed by atoms with Gasteiger partial charge >= 0.3 is 5.97 Å². The van der Waals surface area contributed by atoms with Crippen LogP contribution >= 0.6 is 67.8 Å². The number of hydrogen-bond donors (Lipinski definition) is 0. The molecule has 0 radical (unpaired) electrons. The molecule has 0 fully saturated rings. The van der Waals surface area contributed by atoms with Crippen LogP contribution in [0.3, 0.4) is 0 Å². The zero-order chi connectivity index (χ0) is 16.5. The van der Waals surface area contributed by atoms with Gasteiger partial charge < -0.3 is 9.64 Å². The maximum absolute atomic E-state index is 12.2. The largest absolute Gasteiger partial charge is 0.462 e. The molecule has 0 atom stereocenters. The third-order valence-corrected chi connectivity index (χ3v) is 6.94. The molecule has 0 unspecified atom stereocenters. The Kier molecular flexibility index (Phi) is 10.8. The van der Waals surface area contributed by atoms with E-state index in [4.69, 9.17) is 4.74 Å². The van der Waals surface area contributed by atoms with Crippen molar-refractivity contribution in [1.82, 2.24) is 4.90 Å². The molecule has 0 aliphatic heterocycles. The Morgan fingerprint density at radius 1 is 1.14 bits per heavy atom. The van der Waals surface area contributed by atoms with Crippen LogP contribution in [-0.2, 0) is 4.74 Å². The van der Waals surface area contributed by atoms with Crippen molar-refractivity contribution in [2.45, 2.75) is 32.6 Å². The van der Waals surface area contributed by atoms with Crippen LogP contribution in [-0.4, -0.2) is 37.6 Å². The second kappa shape index (κ2) is 11.4. The molecule has 22 heavy (non-hydrogen) atoms. The summed E-state index contributed by atoms with van der Waals surface area (Å²) in [5.41, 5.74) is 0.678. The smallest absolute Gasteiger partial charge is 0.339 e. The van der Waals surface area contributed by atoms with E-state index in [1.54, 1.807) is 0 Å². The Balaban J connectivity index is 2.32. The van der Waals surface area contributed by atoms with Crippen LogP contribution in [0.25, 0.3) is 0 Å². The lowest BCUT2D eigenvalue weighted by molar-refractivity contribution is 0.0494. The number of unbranched alkanes of at least 4 members (excludes halogenated alkanes) is 2. The zero-order valence-corrected chi connectivity index (χ0v) is 19.5. The van der Waals surface area contributed by atoms with Crippen LogP contribution in [0.2, 0.25) is 0 Å². The first-order valence-electron chi connectivity index (χ1n) is 7.46. The molecule has 6 heteroatoms. The SMILES string of the molecule is CCCCN(C)CCCCOC(=O)c1cc(I)cc(I)c1I. The van der Waals surface area contributed by atoms with E-state index in [9.17, 15) is 4.79 Å². The van der Waals surface area contributed by atoms with Crippen molar-refractivity contribution in [1.29, 1.82) is 0 Å². The summed E-state index contributed by atoms with van der Waals surface area (Å²) in [5.74, 6) is -0.208. The summed E-state index contributed by atoms with van der Waals surface area (Å²) in [7, 11) is 2.15. The summed E-state index contributed by atoms with van der Waals surface area (Å²) < 4.78 is 8.54. The topological polar surface area (TPSA) is 29.5 Å². The summed E-state index contributed by atoms with van der Waals surface area (Å²) in [6.07, 6.45) is 4.46. The first-order valence-corrected chi connectivity index (χ1v) is 10.7. The Labute approximate surface area is 174 Å². The minimum atomic E-state index is -0.208. The molecule has 0 bridgehead atoms. The van der Waals surface area contributed by atoms with E-state index < -0.39 is 0 Å². The molecule has 0 N–H and O–H groups in total. The highest BCUT2D eigenvalue weighted by atomic mass is 127. The average Bonchev–Trinajstić information content (AvgIpc) is 2.48. The molecule has 0 spiro atoms. The predicted molar refractivity (Wildman–Crippen MR) is 117 cm³/mol. The fourth-order valence-electron chi connectivity index (χ4n) is 1.97. The van der Waals surface area contributed by atoms with Crippen molar-refractivity contribution < 1.29 is 9.53 Å². The van der Waals surface area contributed by atoms with Crippen molar-refractivity contribution in [3.8, 4) is 0 Å². The molecule has 0 heterocycles. The molecule has 0 aromatic heterocycles. The summed E-state index contributed by atoms with van der Waals surface area (Å²) in [5, 5.41) is 0. The molecule has 1 rings (SSSR count). The van der Waals surface area contributed by atoms with Gasteiger partial charge in [0, 0.05) is 10.7 Å². The van der Waals surface area contributed by atoms with Gasteiger partial charge in [0.1, 0.15) is 0 Å². The van der Waals surface area contributed by atoms with Crippen LogP contribution in [0.5, 0.6) is 0 Å². The lowest BCUT2D eigenvalue weighted by atomic mass is 10.2. The first-order chi connectivity index (χ1) is 10.5. The van der Waals surface area contributed by atoms with Gasteiger partial charge in [0.05, 0.1) is 12.2 Å². The van der Waals surface area contributed by atoms with E-state index in [1.165, 1.54) is 12.8 Å². The number of benzene rings is 1. The predicted octanol–water partition coefficient (Wildman–Crippen LogP) is 5.17. The summed E-state index contributed by atoms with van der Waals surface area (Å²) in [6.45, 7) is 4.92. The molecule has 0 aliphatic rings. The fourth-order valence-corrected chi connectivity index (χ4v) is 4.35. The second-order valence-corrected chi connectivity index (χ2v) is 8.74. The van der Waals surface area contributed by atoms with Crippen molar-refractivity contribution in [2.75, 3.05) is 26.7 Å². The minimum absolute atomic E-state index is 0.208. The van der Waals surface area contributed by atoms with Gasteiger partial charge in [-0.15, -0.1) is 0 Å². The molecule has 124 valence electrons. The van der Waals surface area contributed by atoms with E-state index in [1.807, 2.05) is 6.07 Å². The number of halogens is 3. The van der Waals surface area contributed by atoms with E-state index in [2.05, 4.69) is 92.7 Å². The molecule has 0 aliphatic carbocycles. The Hall–Kier alpha value is 0.840. The highest BCUT2D eigenvalue weighted by Crippen LogP contribution is 2.23. The number of hydrogen-bond acceptors (Lipinski definition) is 3. The number of rotatable bonds is 9. The number of carbonyl (C=O) groups is 1. The van der Waals surface area contributed by atoms with E-state index in [0.29, 0.717) is 12.2 Å². The Morgan fingerprint density at radius 3 is 2.50 bits per heavy atom. The Bertz CT molecular complexity index is 495. The van der Waals surface area contributed by atoms with Gasteiger partial charge in [0.25, 0.3) is 0 Å². The quantitative estimate of drug-likeness (QED) is 0.162. The minimum Gasteiger partial charge on any atom is -0.462 e. The van der Waals surface area contributed by atoms with Crippen molar-refractivity contribution in [3.05, 3.63) is 28.4 Å². The van der Waals surface area contributed by atoms with Gasteiger partial charge in [-0.25, -0.2) is 4.79 Å². The van der Waals surface area contributed by atoms with E-state index >= 15 is 0 Å². The van der Waals surface area contributed by atoms with Crippen LogP contribution in [0.1, 0.15) is 43.0 Å². The van der Waals surface area contributed by atoms with E-state index in [0.717, 1.165) is 36.6 Å². The molecule has 1 aromatic rings. The first kappa shape index (κ1) is 20.9. The molecule has 0 saturated carbocycles. The lowest BCUT2D eigenvalue weighted by Gasteiger charge is -2.15. The monoisotopic (exact) mass is 641 g/mol. The molecular weight excluding hydrogens is 619 g/mol. The summed E-state index contributed by atoms with van der Waals surface area (Å²) in [4.78, 5) is 14.5. The van der Waals surface area contributed by atoms with E-state index in [-0.39, 0.29) is 5.97 Å². The number of esters is 1. The van der Waals surface area contributed by atoms with Gasteiger partial charge in [-0.3, -0.25) is 0 Å². The van der Waals surface area contributed by atoms with Crippen LogP contribution in [0, 0.1) is 10.7 Å². The van der Waals surface area contributed by atoms with Gasteiger partial charge in [0.15, 0.2) is 0 Å². The van der Waals surface area contributed by atoms with Crippen molar-refractivity contribution in [3.63, 3.8) is 0 Å². The molecule has 0 amide bonds. The standard InChI is InChI=1S/C16H22I3NO2/c1-3-4-7-20(2)8-5-6-9-22-16(21)13-10-12(17)11-14(18)15(13)19/h10-11H,3-9H2,1-2H3. The summed E-state index contributed by atoms with van der Waals surface area (Å²) >= 11 is 6.69. The maximum atomic E-state index is 12.2. The number of nitrogens with zero attached hydrogens (tertiary/aromatic N) is 1. The molecular formula is C16H22I3NO2. The van der Waals surface area contributed by atoms with Gasteiger partial charge in [-0.2, -0.15) is 0 Å². The zero-order valence-electron chi connectivity index (χ0n) is 13.0. The molecule has 0 saturated heterocycles. The highest BCUT2D eigenvalue weighted by molar-refractivity contribution is 14.1. The molecule has 3 nitrogen and oxygen atoms in total. The van der Waals surface area contributed by atoms with Gasteiger partial charge in [-0.1, -0.05) is 13.3 Å². The average molecular weight is 641 g/mol. The third kappa shape index (κ3) is 7.61. The van der Waals surface area contributed by atoms with Crippen molar-refractivity contribution in [2.24, 2.45) is 0 Å². The van der Waals surface area contributed by atoms with Crippen LogP contribution < -0.4 is 0 Å². The Morgan fingerprint density at radius 2 is 1.82 bits per heavy atom. The normalized spacial score (nSPS) is 11.0. The third-order valence-electron chi connectivity index (χ3n) is 3.27. The lowest BCUT2D eigenvalue weighted by Crippen LogP contribution is -2.21. The van der Waals surface area contributed by atoms with Gasteiger partial charge in [0.2, 0.25) is 0 Å². The van der Waals surface area contributed by atoms with Crippen LogP contribution in [0.4, 0.5) is 0 Å². The second-order valence-electron chi connectivity index (χ2n) is 5.25. The number of ether oxygens (including phenoxy) is 1. The van der Waals surface area contributed by atoms with Gasteiger partial charge in [-0.05, 0) is 119 Å². The summed E-state index contributed by atoms with van der Waals surface area (Å²) in [6, 6.07) is 3.96. The maximum Gasteiger partial charge on any atom is 0.339 e. The number of carbonyl (C=O) groups excluding carboxylic acids is 1. The fraction of sp³-hybridized carbons (Fsp3) is 0.562. The van der Waals surface area contributed by atoms with Crippen LogP contribution in [0.15, 0.2) is 12.1 Å². The molecule has 1 aromatic carbocycles. The highest BCUT2D eigenvalue weighted by Gasteiger charge is 2.14.